The third kappa shape index (κ3) is 4.45. The molecule has 0 radical (unpaired) electrons. The van der Waals surface area contributed by atoms with Crippen molar-refractivity contribution in [2.75, 3.05) is 6.54 Å². The fourth-order valence-electron chi connectivity index (χ4n) is 2.53. The Morgan fingerprint density at radius 2 is 1.94 bits per heavy atom. The fraction of sp³-hybridized carbons (Fsp3) is 0.800. The highest BCUT2D eigenvalue weighted by molar-refractivity contribution is 5.06. The van der Waals surface area contributed by atoms with Gasteiger partial charge in [0.1, 0.15) is 0 Å². The lowest BCUT2D eigenvalue weighted by atomic mass is 9.90. The molecule has 0 saturated carbocycles. The van der Waals surface area contributed by atoms with Crippen LogP contribution in [0.1, 0.15) is 52.5 Å². The summed E-state index contributed by atoms with van der Waals surface area (Å²) in [6.07, 6.45) is 9.01. The summed E-state index contributed by atoms with van der Waals surface area (Å²) >= 11 is 0. The fourth-order valence-corrected chi connectivity index (χ4v) is 2.53. The molecule has 0 aliphatic rings. The molecule has 0 saturated heterocycles. The van der Waals surface area contributed by atoms with E-state index in [-0.39, 0.29) is 0 Å². The Morgan fingerprint density at radius 1 is 1.22 bits per heavy atom. The van der Waals surface area contributed by atoms with Gasteiger partial charge in [-0.05, 0) is 37.8 Å². The summed E-state index contributed by atoms with van der Waals surface area (Å²) in [6, 6.07) is 0.592. The van der Waals surface area contributed by atoms with Crippen molar-refractivity contribution in [1.29, 1.82) is 0 Å². The van der Waals surface area contributed by atoms with Gasteiger partial charge in [0.05, 0.1) is 6.20 Å². The first-order valence-corrected chi connectivity index (χ1v) is 7.49. The molecule has 1 N–H and O–H groups in total. The lowest BCUT2D eigenvalue weighted by molar-refractivity contribution is 0.332. The van der Waals surface area contributed by atoms with Gasteiger partial charge >= 0.3 is 0 Å². The zero-order valence-corrected chi connectivity index (χ0v) is 12.4. The zero-order valence-electron chi connectivity index (χ0n) is 12.4. The van der Waals surface area contributed by atoms with Crippen molar-refractivity contribution in [3.05, 3.63) is 18.0 Å². The van der Waals surface area contributed by atoms with Crippen molar-refractivity contribution in [2.45, 2.75) is 66.0 Å². The van der Waals surface area contributed by atoms with Crippen LogP contribution in [0.2, 0.25) is 0 Å². The molecule has 0 aliphatic heterocycles. The van der Waals surface area contributed by atoms with Crippen LogP contribution in [0.5, 0.6) is 0 Å². The van der Waals surface area contributed by atoms with E-state index in [0.717, 1.165) is 25.4 Å². The molecule has 1 atom stereocenters. The van der Waals surface area contributed by atoms with Crippen LogP contribution in [0, 0.1) is 5.92 Å². The van der Waals surface area contributed by atoms with E-state index in [2.05, 4.69) is 44.3 Å². The Morgan fingerprint density at radius 3 is 2.44 bits per heavy atom. The van der Waals surface area contributed by atoms with E-state index in [1.54, 1.807) is 0 Å². The van der Waals surface area contributed by atoms with E-state index in [1.807, 2.05) is 10.9 Å². The summed E-state index contributed by atoms with van der Waals surface area (Å²) in [5.74, 6) is 0.765. The number of hydrogen-bond acceptors (Lipinski definition) is 2. The molecular weight excluding hydrogens is 222 g/mol. The van der Waals surface area contributed by atoms with Crippen LogP contribution in [0.3, 0.4) is 0 Å². The molecule has 0 bridgehead atoms. The highest BCUT2D eigenvalue weighted by Crippen LogP contribution is 2.17. The smallest absolute Gasteiger partial charge is 0.0522 e. The number of rotatable bonds is 9. The summed E-state index contributed by atoms with van der Waals surface area (Å²) in [6.45, 7) is 11.0. The van der Waals surface area contributed by atoms with Crippen LogP contribution in [0.4, 0.5) is 0 Å². The lowest BCUT2D eigenvalue weighted by Crippen LogP contribution is -2.38. The van der Waals surface area contributed by atoms with Gasteiger partial charge in [0.25, 0.3) is 0 Å². The second-order valence-electron chi connectivity index (χ2n) is 5.05. The van der Waals surface area contributed by atoms with E-state index >= 15 is 0 Å². The third-order valence-corrected chi connectivity index (χ3v) is 3.74. The summed E-state index contributed by atoms with van der Waals surface area (Å²) in [5, 5.41) is 8.08. The highest BCUT2D eigenvalue weighted by atomic mass is 15.3. The Bertz CT molecular complexity index is 315. The quantitative estimate of drug-likeness (QED) is 0.730. The summed E-state index contributed by atoms with van der Waals surface area (Å²) < 4.78 is 2.01. The van der Waals surface area contributed by atoms with E-state index < -0.39 is 0 Å². The van der Waals surface area contributed by atoms with Gasteiger partial charge in [0.2, 0.25) is 0 Å². The van der Waals surface area contributed by atoms with E-state index in [4.69, 9.17) is 0 Å². The molecule has 0 spiro atoms. The molecule has 0 aromatic carbocycles. The van der Waals surface area contributed by atoms with Gasteiger partial charge in [-0.1, -0.05) is 33.6 Å². The van der Waals surface area contributed by atoms with Crippen molar-refractivity contribution in [1.82, 2.24) is 15.1 Å². The first kappa shape index (κ1) is 15.2. The minimum absolute atomic E-state index is 0.592. The predicted octanol–water partition coefficient (Wildman–Crippen LogP) is 3.25. The maximum atomic E-state index is 4.37. The summed E-state index contributed by atoms with van der Waals surface area (Å²) in [4.78, 5) is 0. The number of nitrogens with one attached hydrogen (secondary N) is 1. The second kappa shape index (κ2) is 8.30. The number of aryl methyl sites for hydroxylation is 1. The molecule has 104 valence electrons. The van der Waals surface area contributed by atoms with Crippen molar-refractivity contribution in [3.8, 4) is 0 Å². The SMILES string of the molecule is CCCNC(Cc1cnn(CC)c1)C(CC)CC. The van der Waals surface area contributed by atoms with Gasteiger partial charge in [0.15, 0.2) is 0 Å². The maximum Gasteiger partial charge on any atom is 0.0522 e. The average molecular weight is 251 g/mol. The molecule has 1 aromatic heterocycles. The minimum atomic E-state index is 0.592. The van der Waals surface area contributed by atoms with Crippen LogP contribution in [0.15, 0.2) is 12.4 Å². The number of hydrogen-bond donors (Lipinski definition) is 1. The van der Waals surface area contributed by atoms with Crippen LogP contribution in [0.25, 0.3) is 0 Å². The normalized spacial score (nSPS) is 13.2. The van der Waals surface area contributed by atoms with Crippen LogP contribution < -0.4 is 5.32 Å². The number of aromatic nitrogens is 2. The summed E-state index contributed by atoms with van der Waals surface area (Å²) in [7, 11) is 0. The van der Waals surface area contributed by atoms with Crippen molar-refractivity contribution < 1.29 is 0 Å². The van der Waals surface area contributed by atoms with Crippen molar-refractivity contribution >= 4 is 0 Å². The van der Waals surface area contributed by atoms with Gasteiger partial charge in [-0.2, -0.15) is 5.10 Å². The standard InChI is InChI=1S/C15H29N3/c1-5-9-16-15(14(6-2)7-3)10-13-11-17-18(8-4)12-13/h11-12,14-16H,5-10H2,1-4H3. The molecule has 1 rings (SSSR count). The summed E-state index contributed by atoms with van der Waals surface area (Å²) in [5.41, 5.74) is 1.36. The first-order chi connectivity index (χ1) is 8.74. The van der Waals surface area contributed by atoms with Gasteiger partial charge in [0, 0.05) is 18.8 Å². The lowest BCUT2D eigenvalue weighted by Gasteiger charge is -2.26. The molecule has 18 heavy (non-hydrogen) atoms. The second-order valence-corrected chi connectivity index (χ2v) is 5.05. The minimum Gasteiger partial charge on any atom is -0.313 e. The monoisotopic (exact) mass is 251 g/mol. The molecule has 0 fully saturated rings. The van der Waals surface area contributed by atoms with Gasteiger partial charge in [-0.3, -0.25) is 4.68 Å². The predicted molar refractivity (Wildman–Crippen MR) is 77.8 cm³/mol. The largest absolute Gasteiger partial charge is 0.313 e. The molecule has 3 nitrogen and oxygen atoms in total. The maximum absolute atomic E-state index is 4.37. The third-order valence-electron chi connectivity index (χ3n) is 3.74. The molecular formula is C15H29N3. The van der Waals surface area contributed by atoms with Crippen LogP contribution >= 0.6 is 0 Å². The number of nitrogens with zero attached hydrogens (tertiary/aromatic N) is 2. The Balaban J connectivity index is 2.64. The average Bonchev–Trinajstić information content (AvgIpc) is 2.84. The molecule has 3 heteroatoms. The van der Waals surface area contributed by atoms with Crippen LogP contribution in [-0.2, 0) is 13.0 Å². The topological polar surface area (TPSA) is 29.9 Å². The van der Waals surface area contributed by atoms with Gasteiger partial charge < -0.3 is 5.32 Å². The highest BCUT2D eigenvalue weighted by Gasteiger charge is 2.18. The van der Waals surface area contributed by atoms with Crippen LogP contribution in [-0.4, -0.2) is 22.4 Å². The first-order valence-electron chi connectivity index (χ1n) is 7.49. The Hall–Kier alpha value is -0.830. The Kier molecular flexibility index (Phi) is 7.02. The molecule has 1 aromatic rings. The molecule has 0 aliphatic carbocycles. The van der Waals surface area contributed by atoms with E-state index in [0.29, 0.717) is 6.04 Å². The molecule has 0 amide bonds. The zero-order chi connectivity index (χ0) is 13.4. The Labute approximate surface area is 112 Å². The van der Waals surface area contributed by atoms with Gasteiger partial charge in [-0.25, -0.2) is 0 Å². The molecule has 1 unspecified atom stereocenters. The van der Waals surface area contributed by atoms with Gasteiger partial charge in [-0.15, -0.1) is 0 Å². The van der Waals surface area contributed by atoms with E-state index in [1.165, 1.54) is 24.8 Å². The molecule has 1 heterocycles. The van der Waals surface area contributed by atoms with E-state index in [9.17, 15) is 0 Å². The van der Waals surface area contributed by atoms with Crippen molar-refractivity contribution in [3.63, 3.8) is 0 Å². The van der Waals surface area contributed by atoms with Crippen molar-refractivity contribution in [2.24, 2.45) is 5.92 Å².